The maximum absolute atomic E-state index is 14.7. The van der Waals surface area contributed by atoms with Crippen LogP contribution in [0.2, 0.25) is 5.02 Å². The maximum atomic E-state index is 14.7. The molecule has 0 aliphatic carbocycles. The van der Waals surface area contributed by atoms with Gasteiger partial charge in [0.2, 0.25) is 0 Å². The summed E-state index contributed by atoms with van der Waals surface area (Å²) in [4.78, 5) is 18.7. The normalized spacial score (nSPS) is 10.7. The summed E-state index contributed by atoms with van der Waals surface area (Å²) in [5.41, 5.74) is -0.577. The van der Waals surface area contributed by atoms with Crippen LogP contribution in [0.1, 0.15) is 16.1 Å². The van der Waals surface area contributed by atoms with Gasteiger partial charge in [0.1, 0.15) is 5.69 Å². The molecule has 0 aliphatic rings. The van der Waals surface area contributed by atoms with E-state index in [-0.39, 0.29) is 39.7 Å². The van der Waals surface area contributed by atoms with Gasteiger partial charge in [-0.3, -0.25) is 0 Å². The Morgan fingerprint density at radius 3 is 2.84 bits per heavy atom. The number of nitrogens with one attached hydrogen (secondary N) is 1. The van der Waals surface area contributed by atoms with Gasteiger partial charge in [0.05, 0.1) is 10.5 Å². The molecule has 2 heterocycles. The number of terminal acetylenes is 1. The number of carbonyl (C=O) groups excluding carboxylic acids is 1. The summed E-state index contributed by atoms with van der Waals surface area (Å²) in [6.07, 6.45) is 6.60. The van der Waals surface area contributed by atoms with Crippen LogP contribution >= 0.6 is 11.6 Å². The Kier molecular flexibility index (Phi) is 4.43. The van der Waals surface area contributed by atoms with Gasteiger partial charge >= 0.3 is 5.97 Å². The second kappa shape index (κ2) is 6.54. The Morgan fingerprint density at radius 2 is 2.12 bits per heavy atom. The lowest BCUT2D eigenvalue weighted by Crippen LogP contribution is -2.12. The van der Waals surface area contributed by atoms with E-state index >= 15 is 0 Å². The molecule has 0 bridgehead atoms. The number of fused-ring (bicyclic) bond motifs is 1. The number of hydrogen-bond donors (Lipinski definition) is 1. The molecule has 7 heteroatoms. The number of ether oxygens (including phenoxy) is 1. The highest BCUT2D eigenvalue weighted by molar-refractivity contribution is 6.34. The van der Waals surface area contributed by atoms with Gasteiger partial charge in [0, 0.05) is 22.7 Å². The Bertz CT molecular complexity index is 1040. The molecule has 0 aliphatic heterocycles. The summed E-state index contributed by atoms with van der Waals surface area (Å²) in [5, 5.41) is 0.422. The molecule has 126 valence electrons. The number of H-pyrrole nitrogens is 1. The Morgan fingerprint density at radius 1 is 1.36 bits per heavy atom. The van der Waals surface area contributed by atoms with Crippen LogP contribution in [0.5, 0.6) is 0 Å². The number of hydrogen-bond acceptors (Lipinski definition) is 3. The lowest BCUT2D eigenvalue weighted by atomic mass is 10.0. The van der Waals surface area contributed by atoms with Crippen LogP contribution in [0.3, 0.4) is 0 Å². The van der Waals surface area contributed by atoms with Gasteiger partial charge < -0.3 is 9.72 Å². The third-order valence-electron chi connectivity index (χ3n) is 3.70. The number of halogens is 3. The summed E-state index contributed by atoms with van der Waals surface area (Å²) in [5.74, 6) is -0.273. The zero-order valence-electron chi connectivity index (χ0n) is 13.0. The molecule has 0 fully saturated rings. The van der Waals surface area contributed by atoms with Crippen LogP contribution in [0.4, 0.5) is 8.78 Å². The fourth-order valence-corrected chi connectivity index (χ4v) is 2.63. The summed E-state index contributed by atoms with van der Waals surface area (Å²) in [6.45, 7) is 1.08. The minimum Gasteiger partial charge on any atom is -0.448 e. The number of rotatable bonds is 3. The Balaban J connectivity index is 2.21. The van der Waals surface area contributed by atoms with E-state index in [0.717, 1.165) is 0 Å². The highest BCUT2D eigenvalue weighted by atomic mass is 35.5. The molecule has 0 amide bonds. The Labute approximate surface area is 146 Å². The molecule has 25 heavy (non-hydrogen) atoms. The zero-order chi connectivity index (χ0) is 18.1. The highest BCUT2D eigenvalue weighted by Crippen LogP contribution is 2.33. The fraction of sp³-hybridized carbons (Fsp3) is 0.111. The van der Waals surface area contributed by atoms with E-state index in [0.29, 0.717) is 5.39 Å². The second-order valence-corrected chi connectivity index (χ2v) is 5.59. The summed E-state index contributed by atoms with van der Waals surface area (Å²) in [6, 6.07) is 4.69. The predicted molar refractivity (Wildman–Crippen MR) is 90.3 cm³/mol. The molecule has 3 aromatic rings. The van der Waals surface area contributed by atoms with Gasteiger partial charge in [-0.1, -0.05) is 23.6 Å². The molecule has 3 rings (SSSR count). The molecule has 0 unspecified atom stereocenters. The third kappa shape index (κ3) is 2.83. The quantitative estimate of drug-likeness (QED) is 0.561. The van der Waals surface area contributed by atoms with Crippen molar-refractivity contribution in [1.29, 1.82) is 0 Å². The van der Waals surface area contributed by atoms with E-state index in [1.165, 1.54) is 13.0 Å². The van der Waals surface area contributed by atoms with Gasteiger partial charge in [-0.2, -0.15) is 0 Å². The average molecular weight is 361 g/mol. The van der Waals surface area contributed by atoms with Crippen molar-refractivity contribution in [3.05, 3.63) is 52.3 Å². The SMILES string of the molecule is C#CCOC(=O)c1nc(-c2ccc3cc[nH]c3c2F)c(F)c(C)c1Cl. The van der Waals surface area contributed by atoms with Gasteiger partial charge in [0.15, 0.2) is 23.9 Å². The number of esters is 1. The first-order chi connectivity index (χ1) is 12.0. The van der Waals surface area contributed by atoms with Crippen molar-refractivity contribution in [3.8, 4) is 23.6 Å². The first-order valence-corrected chi connectivity index (χ1v) is 7.55. The van der Waals surface area contributed by atoms with Gasteiger partial charge in [-0.15, -0.1) is 6.42 Å². The van der Waals surface area contributed by atoms with Gasteiger partial charge in [0.25, 0.3) is 0 Å². The van der Waals surface area contributed by atoms with E-state index in [9.17, 15) is 13.6 Å². The largest absolute Gasteiger partial charge is 0.448 e. The predicted octanol–water partition coefficient (Wildman–Crippen LogP) is 4.26. The van der Waals surface area contributed by atoms with E-state index < -0.39 is 17.6 Å². The van der Waals surface area contributed by atoms with Crippen LogP contribution in [-0.4, -0.2) is 22.5 Å². The van der Waals surface area contributed by atoms with Crippen LogP contribution < -0.4 is 0 Å². The number of nitrogens with zero attached hydrogens (tertiary/aromatic N) is 1. The first kappa shape index (κ1) is 16.9. The number of benzene rings is 1. The number of aromatic amines is 1. The molecule has 1 N–H and O–H groups in total. The molecule has 0 atom stereocenters. The summed E-state index contributed by atoms with van der Waals surface area (Å²) < 4.78 is 34.2. The van der Waals surface area contributed by atoms with Crippen molar-refractivity contribution in [1.82, 2.24) is 9.97 Å². The van der Waals surface area contributed by atoms with Crippen LogP contribution in [-0.2, 0) is 4.74 Å². The lowest BCUT2D eigenvalue weighted by Gasteiger charge is -2.12. The molecule has 0 saturated carbocycles. The smallest absolute Gasteiger partial charge is 0.359 e. The van der Waals surface area contributed by atoms with Crippen LogP contribution in [0, 0.1) is 30.9 Å². The van der Waals surface area contributed by atoms with Gasteiger partial charge in [-0.05, 0) is 19.1 Å². The topological polar surface area (TPSA) is 55.0 Å². The third-order valence-corrected chi connectivity index (χ3v) is 4.16. The molecule has 1 aromatic carbocycles. The van der Waals surface area contributed by atoms with Crippen molar-refractivity contribution in [2.75, 3.05) is 6.61 Å². The molecular formula is C18H11ClF2N2O2. The molecule has 4 nitrogen and oxygen atoms in total. The van der Waals surface area contributed by atoms with E-state index in [1.54, 1.807) is 18.3 Å². The number of carbonyl (C=O) groups is 1. The van der Waals surface area contributed by atoms with Crippen molar-refractivity contribution in [2.24, 2.45) is 0 Å². The van der Waals surface area contributed by atoms with E-state index in [4.69, 9.17) is 22.8 Å². The highest BCUT2D eigenvalue weighted by Gasteiger charge is 2.24. The lowest BCUT2D eigenvalue weighted by molar-refractivity contribution is 0.0550. The fourth-order valence-electron chi connectivity index (χ4n) is 2.43. The first-order valence-electron chi connectivity index (χ1n) is 7.17. The van der Waals surface area contributed by atoms with Crippen LogP contribution in [0.15, 0.2) is 24.4 Å². The van der Waals surface area contributed by atoms with Crippen molar-refractivity contribution >= 4 is 28.5 Å². The summed E-state index contributed by atoms with van der Waals surface area (Å²) >= 11 is 5.99. The molecule has 0 spiro atoms. The minimum atomic E-state index is -0.909. The van der Waals surface area contributed by atoms with Crippen LogP contribution in [0.25, 0.3) is 22.2 Å². The van der Waals surface area contributed by atoms with Crippen molar-refractivity contribution < 1.29 is 18.3 Å². The van der Waals surface area contributed by atoms with E-state index in [1.807, 2.05) is 0 Å². The maximum Gasteiger partial charge on any atom is 0.359 e. The monoisotopic (exact) mass is 360 g/mol. The molecule has 2 aromatic heterocycles. The average Bonchev–Trinajstić information content (AvgIpc) is 3.08. The second-order valence-electron chi connectivity index (χ2n) is 5.21. The molecule has 0 radical (unpaired) electrons. The number of pyridine rings is 1. The number of aromatic nitrogens is 2. The van der Waals surface area contributed by atoms with Crippen molar-refractivity contribution in [2.45, 2.75) is 6.92 Å². The van der Waals surface area contributed by atoms with E-state index in [2.05, 4.69) is 15.9 Å². The zero-order valence-corrected chi connectivity index (χ0v) is 13.7. The summed E-state index contributed by atoms with van der Waals surface area (Å²) in [7, 11) is 0. The Hall–Kier alpha value is -2.91. The minimum absolute atomic E-state index is 0.0368. The standard InChI is InChI=1S/C18H11ClF2N2O2/c1-3-8-25-18(24)17-12(19)9(2)13(20)16(23-17)11-5-4-10-6-7-22-15(10)14(11)21/h1,4-7,22H,8H2,2H3. The molecule has 0 saturated heterocycles. The van der Waals surface area contributed by atoms with Crippen molar-refractivity contribution in [3.63, 3.8) is 0 Å². The molecular weight excluding hydrogens is 350 g/mol. The van der Waals surface area contributed by atoms with Gasteiger partial charge in [-0.25, -0.2) is 18.6 Å².